The maximum Gasteiger partial charge on any atom is 0.419 e. The Balaban J connectivity index is 2.24. The van der Waals surface area contributed by atoms with Gasteiger partial charge in [0.05, 0.1) is 33.0 Å². The summed E-state index contributed by atoms with van der Waals surface area (Å²) in [6.07, 6.45) is -4.83. The van der Waals surface area contributed by atoms with Gasteiger partial charge in [0.25, 0.3) is 5.69 Å². The van der Waals surface area contributed by atoms with E-state index in [4.69, 9.17) is 16.3 Å². The number of fused-ring (bicyclic) bond motifs is 2. The highest BCUT2D eigenvalue weighted by Gasteiger charge is 2.40. The highest BCUT2D eigenvalue weighted by molar-refractivity contribution is 6.32. The molecule has 0 spiro atoms. The van der Waals surface area contributed by atoms with E-state index < -0.39 is 44.6 Å². The SMILES string of the molecule is O=C(O)c1cc([N+](=O)[O-])cc2c1Nc1c(ccc(Cl)c1C(F)(F)F)O2. The first kappa shape index (κ1) is 16.8. The van der Waals surface area contributed by atoms with E-state index in [0.717, 1.165) is 24.3 Å². The van der Waals surface area contributed by atoms with Crippen LogP contribution in [0.15, 0.2) is 24.3 Å². The van der Waals surface area contributed by atoms with Crippen LogP contribution in [0.1, 0.15) is 15.9 Å². The first-order valence-electron chi connectivity index (χ1n) is 6.50. The number of rotatable bonds is 2. The van der Waals surface area contributed by atoms with Gasteiger partial charge in [0.15, 0.2) is 11.5 Å². The summed E-state index contributed by atoms with van der Waals surface area (Å²) in [5.41, 5.74) is -3.32. The van der Waals surface area contributed by atoms with Crippen molar-refractivity contribution in [2.24, 2.45) is 0 Å². The van der Waals surface area contributed by atoms with Crippen molar-refractivity contribution in [1.29, 1.82) is 0 Å². The number of nitrogens with one attached hydrogen (secondary N) is 1. The molecule has 0 atom stereocenters. The molecule has 7 nitrogen and oxygen atoms in total. The highest BCUT2D eigenvalue weighted by atomic mass is 35.5. The fourth-order valence-electron chi connectivity index (χ4n) is 2.37. The van der Waals surface area contributed by atoms with Crippen LogP contribution in [0, 0.1) is 10.1 Å². The number of ether oxygens (including phenoxy) is 1. The quantitative estimate of drug-likeness (QED) is 0.493. The normalized spacial score (nSPS) is 12.5. The number of carbonyl (C=O) groups is 1. The first-order chi connectivity index (χ1) is 11.6. The number of carboxylic acid groups (broad SMARTS) is 1. The molecule has 2 N–H and O–H groups in total. The number of nitro benzene ring substituents is 1. The molecule has 0 bridgehead atoms. The van der Waals surface area contributed by atoms with Gasteiger partial charge in [0.2, 0.25) is 0 Å². The molecule has 0 aliphatic carbocycles. The number of aromatic carboxylic acids is 1. The van der Waals surface area contributed by atoms with Crippen molar-refractivity contribution < 1.29 is 32.7 Å². The lowest BCUT2D eigenvalue weighted by atomic mass is 10.1. The minimum absolute atomic E-state index is 0.283. The van der Waals surface area contributed by atoms with E-state index in [2.05, 4.69) is 5.32 Å². The molecule has 0 unspecified atom stereocenters. The molecule has 0 amide bonds. The minimum Gasteiger partial charge on any atom is -0.478 e. The van der Waals surface area contributed by atoms with Crippen LogP contribution in [0.3, 0.4) is 0 Å². The van der Waals surface area contributed by atoms with Crippen LogP contribution < -0.4 is 10.1 Å². The standard InChI is InChI=1S/C14H6ClF3N2O5/c15-7-1-2-8-12(10(7)14(16,17)18)19-11-6(13(21)22)3-5(20(23)24)4-9(11)25-8/h1-4,19H,(H,21,22). The predicted molar refractivity (Wildman–Crippen MR) is 79.9 cm³/mol. The van der Waals surface area contributed by atoms with Crippen LogP contribution in [0.2, 0.25) is 5.02 Å². The van der Waals surface area contributed by atoms with Crippen molar-refractivity contribution >= 4 is 34.6 Å². The average molecular weight is 375 g/mol. The Bertz CT molecular complexity index is 930. The van der Waals surface area contributed by atoms with Gasteiger partial charge >= 0.3 is 12.1 Å². The molecular formula is C14H6ClF3N2O5. The summed E-state index contributed by atoms with van der Waals surface area (Å²) in [4.78, 5) is 21.4. The topological polar surface area (TPSA) is 102 Å². The molecule has 1 heterocycles. The first-order valence-corrected chi connectivity index (χ1v) is 6.87. The second kappa shape index (κ2) is 5.52. The van der Waals surface area contributed by atoms with Gasteiger partial charge in [0, 0.05) is 6.07 Å². The zero-order valence-corrected chi connectivity index (χ0v) is 12.6. The van der Waals surface area contributed by atoms with Crippen LogP contribution in [0.4, 0.5) is 30.2 Å². The fourth-order valence-corrected chi connectivity index (χ4v) is 2.64. The zero-order valence-electron chi connectivity index (χ0n) is 11.8. The van der Waals surface area contributed by atoms with Gasteiger partial charge in [-0.2, -0.15) is 13.2 Å². The van der Waals surface area contributed by atoms with Gasteiger partial charge in [-0.15, -0.1) is 0 Å². The molecule has 1 aliphatic rings. The number of nitro groups is 1. The number of hydrogen-bond acceptors (Lipinski definition) is 5. The van der Waals surface area contributed by atoms with Gasteiger partial charge in [-0.25, -0.2) is 4.79 Å². The van der Waals surface area contributed by atoms with Crippen molar-refractivity contribution in [3.05, 3.63) is 50.5 Å². The molecule has 0 saturated carbocycles. The molecular weight excluding hydrogens is 369 g/mol. The summed E-state index contributed by atoms with van der Waals surface area (Å²) in [5, 5.41) is 21.9. The smallest absolute Gasteiger partial charge is 0.419 e. The molecule has 0 saturated heterocycles. The molecule has 2 aromatic carbocycles. The number of nitrogens with zero attached hydrogens (tertiary/aromatic N) is 1. The van der Waals surface area contributed by atoms with Crippen LogP contribution in [-0.2, 0) is 6.18 Å². The largest absolute Gasteiger partial charge is 0.478 e. The average Bonchev–Trinajstić information content (AvgIpc) is 2.50. The van der Waals surface area contributed by atoms with E-state index in [1.54, 1.807) is 0 Å². The predicted octanol–water partition coefficient (Wildman–Crippen LogP) is 4.81. The summed E-state index contributed by atoms with van der Waals surface area (Å²) in [5.74, 6) is -2.15. The Morgan fingerprint density at radius 3 is 2.48 bits per heavy atom. The van der Waals surface area contributed by atoms with E-state index in [0.29, 0.717) is 0 Å². The van der Waals surface area contributed by atoms with Crippen molar-refractivity contribution in [2.75, 3.05) is 5.32 Å². The number of anilines is 2. The zero-order chi connectivity index (χ0) is 18.5. The molecule has 0 radical (unpaired) electrons. The number of carboxylic acids is 1. The molecule has 11 heteroatoms. The second-order valence-corrected chi connectivity index (χ2v) is 5.36. The maximum atomic E-state index is 13.3. The van der Waals surface area contributed by atoms with Gasteiger partial charge in [-0.3, -0.25) is 10.1 Å². The van der Waals surface area contributed by atoms with E-state index in [9.17, 15) is 33.2 Å². The monoisotopic (exact) mass is 374 g/mol. The van der Waals surface area contributed by atoms with E-state index in [-0.39, 0.29) is 17.2 Å². The number of benzene rings is 2. The van der Waals surface area contributed by atoms with Crippen LogP contribution >= 0.6 is 11.6 Å². The number of non-ortho nitro benzene ring substituents is 1. The molecule has 2 aromatic rings. The van der Waals surface area contributed by atoms with Crippen molar-refractivity contribution in [3.8, 4) is 11.5 Å². The van der Waals surface area contributed by atoms with Gasteiger partial charge in [-0.05, 0) is 12.1 Å². The summed E-state index contributed by atoms with van der Waals surface area (Å²) < 4.78 is 45.0. The van der Waals surface area contributed by atoms with Crippen molar-refractivity contribution in [1.82, 2.24) is 0 Å². The molecule has 0 aromatic heterocycles. The number of halogens is 4. The minimum atomic E-state index is -4.83. The number of alkyl halides is 3. The van der Waals surface area contributed by atoms with E-state index >= 15 is 0 Å². The second-order valence-electron chi connectivity index (χ2n) is 4.95. The Labute approximate surface area is 141 Å². The maximum absolute atomic E-state index is 13.3. The Morgan fingerprint density at radius 2 is 1.92 bits per heavy atom. The van der Waals surface area contributed by atoms with Gasteiger partial charge < -0.3 is 15.2 Å². The van der Waals surface area contributed by atoms with Crippen LogP contribution in [-0.4, -0.2) is 16.0 Å². The Kier molecular flexibility index (Phi) is 3.72. The van der Waals surface area contributed by atoms with E-state index in [1.807, 2.05) is 0 Å². The highest BCUT2D eigenvalue weighted by Crippen LogP contribution is 2.51. The third kappa shape index (κ3) is 2.80. The van der Waals surface area contributed by atoms with Crippen LogP contribution in [0.5, 0.6) is 11.5 Å². The Morgan fingerprint density at radius 1 is 1.24 bits per heavy atom. The van der Waals surface area contributed by atoms with Gasteiger partial charge in [0.1, 0.15) is 5.56 Å². The van der Waals surface area contributed by atoms with Crippen LogP contribution in [0.25, 0.3) is 0 Å². The van der Waals surface area contributed by atoms with Crippen molar-refractivity contribution in [2.45, 2.75) is 6.18 Å². The molecule has 25 heavy (non-hydrogen) atoms. The lowest BCUT2D eigenvalue weighted by Crippen LogP contribution is -2.15. The fraction of sp³-hybridized carbons (Fsp3) is 0.0714. The summed E-state index contributed by atoms with van der Waals surface area (Å²) in [7, 11) is 0. The third-order valence-corrected chi connectivity index (χ3v) is 3.71. The molecule has 3 rings (SSSR count). The van der Waals surface area contributed by atoms with Crippen molar-refractivity contribution in [3.63, 3.8) is 0 Å². The summed E-state index contributed by atoms with van der Waals surface area (Å²) in [6, 6.07) is 3.74. The lowest BCUT2D eigenvalue weighted by Gasteiger charge is -2.26. The molecule has 130 valence electrons. The Hall–Kier alpha value is -3.01. The third-order valence-electron chi connectivity index (χ3n) is 3.40. The van der Waals surface area contributed by atoms with Gasteiger partial charge in [-0.1, -0.05) is 11.6 Å². The lowest BCUT2D eigenvalue weighted by molar-refractivity contribution is -0.384. The van der Waals surface area contributed by atoms with E-state index in [1.165, 1.54) is 0 Å². The summed E-state index contributed by atoms with van der Waals surface area (Å²) in [6.45, 7) is 0. The number of hydrogen-bond donors (Lipinski definition) is 2. The summed E-state index contributed by atoms with van der Waals surface area (Å²) >= 11 is 5.62. The molecule has 0 fully saturated rings. The molecule has 1 aliphatic heterocycles.